The van der Waals surface area contributed by atoms with Crippen molar-refractivity contribution >= 4 is 5.97 Å². The van der Waals surface area contributed by atoms with E-state index in [2.05, 4.69) is 0 Å². The van der Waals surface area contributed by atoms with Crippen molar-refractivity contribution in [2.75, 3.05) is 19.6 Å². The maximum Gasteiger partial charge on any atom is 0.303 e. The zero-order valence-electron chi connectivity index (χ0n) is 9.80. The summed E-state index contributed by atoms with van der Waals surface area (Å²) in [7, 11) is 0. The van der Waals surface area contributed by atoms with Crippen LogP contribution in [0.3, 0.4) is 0 Å². The molecule has 0 aromatic carbocycles. The van der Waals surface area contributed by atoms with E-state index in [4.69, 9.17) is 5.11 Å². The second-order valence-corrected chi connectivity index (χ2v) is 5.40. The number of nitrogens with zero attached hydrogens (tertiary/aromatic N) is 1. The minimum absolute atomic E-state index is 0.00900. The Kier molecular flexibility index (Phi) is 3.88. The van der Waals surface area contributed by atoms with Gasteiger partial charge in [0.1, 0.15) is 0 Å². The van der Waals surface area contributed by atoms with Gasteiger partial charge >= 0.3 is 5.97 Å². The Morgan fingerprint density at radius 1 is 1.50 bits per heavy atom. The predicted molar refractivity (Wildman–Crippen MR) is 56.7 cm³/mol. The zero-order valence-corrected chi connectivity index (χ0v) is 9.80. The van der Waals surface area contributed by atoms with E-state index in [1.807, 2.05) is 0 Å². The summed E-state index contributed by atoms with van der Waals surface area (Å²) in [5.74, 6) is -3.49. The van der Waals surface area contributed by atoms with E-state index in [-0.39, 0.29) is 19.4 Å². The van der Waals surface area contributed by atoms with E-state index in [0.29, 0.717) is 19.5 Å². The SMILES string of the molecule is CC(C)(CC(=O)O)CN1CCCC(F)(F)C1. The van der Waals surface area contributed by atoms with Gasteiger partial charge in [-0.15, -0.1) is 0 Å². The number of piperidine rings is 1. The maximum absolute atomic E-state index is 13.1. The van der Waals surface area contributed by atoms with Gasteiger partial charge in [-0.05, 0) is 18.4 Å². The number of rotatable bonds is 4. The summed E-state index contributed by atoms with van der Waals surface area (Å²) in [6.07, 6.45) is 0.439. The number of hydrogen-bond donors (Lipinski definition) is 1. The fraction of sp³-hybridized carbons (Fsp3) is 0.909. The van der Waals surface area contributed by atoms with Gasteiger partial charge in [-0.1, -0.05) is 13.8 Å². The molecule has 0 aliphatic carbocycles. The molecule has 0 atom stereocenters. The molecule has 0 unspecified atom stereocenters. The van der Waals surface area contributed by atoms with Crippen molar-refractivity contribution in [1.29, 1.82) is 0 Å². The van der Waals surface area contributed by atoms with Crippen LogP contribution in [-0.4, -0.2) is 41.5 Å². The number of halogens is 2. The Balaban J connectivity index is 2.50. The lowest BCUT2D eigenvalue weighted by atomic mass is 9.88. The average Bonchev–Trinajstić information content (AvgIpc) is 1.96. The minimum atomic E-state index is -2.61. The van der Waals surface area contributed by atoms with Crippen LogP contribution in [-0.2, 0) is 4.79 Å². The summed E-state index contributed by atoms with van der Waals surface area (Å²) in [5, 5.41) is 8.71. The molecular weight excluding hydrogens is 216 g/mol. The largest absolute Gasteiger partial charge is 0.481 e. The molecule has 1 heterocycles. The number of alkyl halides is 2. The van der Waals surface area contributed by atoms with Crippen molar-refractivity contribution in [2.45, 2.75) is 39.0 Å². The summed E-state index contributed by atoms with van der Waals surface area (Å²) in [6.45, 7) is 4.41. The van der Waals surface area contributed by atoms with Crippen LogP contribution in [0.4, 0.5) is 8.78 Å². The van der Waals surface area contributed by atoms with E-state index in [9.17, 15) is 13.6 Å². The molecule has 1 rings (SSSR count). The summed E-state index contributed by atoms with van der Waals surface area (Å²) in [4.78, 5) is 12.3. The van der Waals surface area contributed by atoms with Crippen molar-refractivity contribution < 1.29 is 18.7 Å². The quantitative estimate of drug-likeness (QED) is 0.812. The first kappa shape index (κ1) is 13.4. The summed E-state index contributed by atoms with van der Waals surface area (Å²) >= 11 is 0. The molecule has 1 N–H and O–H groups in total. The molecule has 1 saturated heterocycles. The first-order valence-corrected chi connectivity index (χ1v) is 5.52. The van der Waals surface area contributed by atoms with Crippen LogP contribution >= 0.6 is 0 Å². The Morgan fingerprint density at radius 3 is 2.62 bits per heavy atom. The standard InChI is InChI=1S/C11H19F2NO2/c1-10(2,6-9(15)16)7-14-5-3-4-11(12,13)8-14/h3-8H2,1-2H3,(H,15,16). The minimum Gasteiger partial charge on any atom is -0.481 e. The Labute approximate surface area is 94.4 Å². The van der Waals surface area contributed by atoms with Crippen molar-refractivity contribution in [3.63, 3.8) is 0 Å². The third-order valence-corrected chi connectivity index (χ3v) is 2.75. The van der Waals surface area contributed by atoms with Gasteiger partial charge in [0.25, 0.3) is 5.92 Å². The molecule has 94 valence electrons. The molecule has 0 amide bonds. The second-order valence-electron chi connectivity index (χ2n) is 5.40. The van der Waals surface area contributed by atoms with Crippen molar-refractivity contribution in [3.8, 4) is 0 Å². The monoisotopic (exact) mass is 235 g/mol. The molecule has 0 radical (unpaired) electrons. The summed E-state index contributed by atoms with van der Waals surface area (Å²) in [6, 6.07) is 0. The van der Waals surface area contributed by atoms with Gasteiger partial charge in [-0.2, -0.15) is 0 Å². The molecule has 0 saturated carbocycles. The smallest absolute Gasteiger partial charge is 0.303 e. The lowest BCUT2D eigenvalue weighted by molar-refractivity contribution is -0.139. The Bertz CT molecular complexity index is 267. The highest BCUT2D eigenvalue weighted by molar-refractivity contribution is 5.67. The molecule has 16 heavy (non-hydrogen) atoms. The van der Waals surface area contributed by atoms with Gasteiger partial charge in [-0.3, -0.25) is 9.69 Å². The van der Waals surface area contributed by atoms with E-state index in [0.717, 1.165) is 0 Å². The van der Waals surface area contributed by atoms with E-state index < -0.39 is 17.3 Å². The van der Waals surface area contributed by atoms with Crippen LogP contribution < -0.4 is 0 Å². The summed E-state index contributed by atoms with van der Waals surface area (Å²) in [5.41, 5.74) is -0.459. The third kappa shape index (κ3) is 4.43. The number of aliphatic carboxylic acids is 1. The maximum atomic E-state index is 13.1. The molecule has 0 spiro atoms. The highest BCUT2D eigenvalue weighted by atomic mass is 19.3. The second kappa shape index (κ2) is 4.65. The molecule has 0 bridgehead atoms. The van der Waals surface area contributed by atoms with Crippen molar-refractivity contribution in [1.82, 2.24) is 4.90 Å². The van der Waals surface area contributed by atoms with Crippen molar-refractivity contribution in [3.05, 3.63) is 0 Å². The van der Waals surface area contributed by atoms with Crippen LogP contribution in [0.25, 0.3) is 0 Å². The van der Waals surface area contributed by atoms with E-state index >= 15 is 0 Å². The average molecular weight is 235 g/mol. The van der Waals surface area contributed by atoms with E-state index in [1.165, 1.54) is 0 Å². The normalized spacial score (nSPS) is 22.0. The fourth-order valence-corrected chi connectivity index (χ4v) is 2.25. The fourth-order valence-electron chi connectivity index (χ4n) is 2.25. The molecule has 5 heteroatoms. The number of carboxylic acids is 1. The lowest BCUT2D eigenvalue weighted by Crippen LogP contribution is -2.46. The molecular formula is C11H19F2NO2. The van der Waals surface area contributed by atoms with Gasteiger partial charge in [0, 0.05) is 13.0 Å². The Hall–Kier alpha value is -0.710. The highest BCUT2D eigenvalue weighted by Gasteiger charge is 2.37. The summed E-state index contributed by atoms with van der Waals surface area (Å²) < 4.78 is 26.3. The first-order valence-electron chi connectivity index (χ1n) is 5.52. The van der Waals surface area contributed by atoms with Crippen LogP contribution in [0.2, 0.25) is 0 Å². The number of carboxylic acid groups (broad SMARTS) is 1. The van der Waals surface area contributed by atoms with Gasteiger partial charge in [-0.25, -0.2) is 8.78 Å². The zero-order chi connectivity index (χ0) is 12.4. The number of likely N-dealkylation sites (tertiary alicyclic amines) is 1. The van der Waals surface area contributed by atoms with Crippen LogP contribution in [0.1, 0.15) is 33.1 Å². The third-order valence-electron chi connectivity index (χ3n) is 2.75. The van der Waals surface area contributed by atoms with Crippen LogP contribution in [0.5, 0.6) is 0 Å². The first-order chi connectivity index (χ1) is 7.20. The van der Waals surface area contributed by atoms with Gasteiger partial charge < -0.3 is 5.11 Å². The molecule has 3 nitrogen and oxygen atoms in total. The number of carbonyl (C=O) groups is 1. The van der Waals surface area contributed by atoms with Crippen LogP contribution in [0.15, 0.2) is 0 Å². The molecule has 1 aliphatic heterocycles. The molecule has 0 aromatic rings. The van der Waals surface area contributed by atoms with E-state index in [1.54, 1.807) is 18.7 Å². The van der Waals surface area contributed by atoms with Crippen molar-refractivity contribution in [2.24, 2.45) is 5.41 Å². The van der Waals surface area contributed by atoms with Gasteiger partial charge in [0.15, 0.2) is 0 Å². The van der Waals surface area contributed by atoms with Gasteiger partial charge in [0.2, 0.25) is 0 Å². The lowest BCUT2D eigenvalue weighted by Gasteiger charge is -2.37. The van der Waals surface area contributed by atoms with Crippen LogP contribution in [0, 0.1) is 5.41 Å². The molecule has 0 aromatic heterocycles. The number of hydrogen-bond acceptors (Lipinski definition) is 2. The van der Waals surface area contributed by atoms with Gasteiger partial charge in [0.05, 0.1) is 13.0 Å². The highest BCUT2D eigenvalue weighted by Crippen LogP contribution is 2.30. The molecule has 1 fully saturated rings. The topological polar surface area (TPSA) is 40.5 Å². The Morgan fingerprint density at radius 2 is 2.12 bits per heavy atom. The molecule has 1 aliphatic rings. The predicted octanol–water partition coefficient (Wildman–Crippen LogP) is 2.22.